The van der Waals surface area contributed by atoms with Crippen LogP contribution in [0.4, 0.5) is 5.82 Å². The Balaban J connectivity index is 2.97. The summed E-state index contributed by atoms with van der Waals surface area (Å²) < 4.78 is 5.76. The third-order valence-corrected chi connectivity index (χ3v) is 1.89. The van der Waals surface area contributed by atoms with Crippen LogP contribution in [0.2, 0.25) is 0 Å². The third kappa shape index (κ3) is 3.20. The van der Waals surface area contributed by atoms with Crippen molar-refractivity contribution in [2.75, 3.05) is 12.3 Å². The monoisotopic (exact) mass is 241 g/mol. The van der Waals surface area contributed by atoms with Crippen LogP contribution in [0.25, 0.3) is 0 Å². The van der Waals surface area contributed by atoms with Crippen molar-refractivity contribution in [2.45, 2.75) is 12.3 Å². The molecule has 0 unspecified atom stereocenters. The van der Waals surface area contributed by atoms with E-state index in [0.29, 0.717) is 12.6 Å². The first-order chi connectivity index (χ1) is 8.12. The lowest BCUT2D eigenvalue weighted by Crippen LogP contribution is -2.33. The fourth-order valence-electron chi connectivity index (χ4n) is 1.08. The molecule has 0 radical (unpaired) electrons. The summed E-state index contributed by atoms with van der Waals surface area (Å²) in [6, 6.07) is 1.30. The lowest BCUT2D eigenvalue weighted by atomic mass is 10.4. The Hall–Kier alpha value is -2.06. The summed E-state index contributed by atoms with van der Waals surface area (Å²) in [5, 5.41) is 8.74. The second kappa shape index (κ2) is 5.87. The van der Waals surface area contributed by atoms with Crippen LogP contribution in [0, 0.1) is 0 Å². The van der Waals surface area contributed by atoms with E-state index in [1.165, 1.54) is 12.3 Å². The van der Waals surface area contributed by atoms with Crippen molar-refractivity contribution in [3.8, 4) is 0 Å². The fraction of sp³-hybridized carbons (Fsp3) is 0.333. The molecule has 17 heavy (non-hydrogen) atoms. The summed E-state index contributed by atoms with van der Waals surface area (Å²) in [7, 11) is 0. The number of nitrogens with zero attached hydrogens (tertiary/aromatic N) is 2. The van der Waals surface area contributed by atoms with Gasteiger partial charge in [-0.05, 0) is 6.07 Å². The van der Waals surface area contributed by atoms with Gasteiger partial charge in [0.2, 0.25) is 0 Å². The average molecular weight is 241 g/mol. The van der Waals surface area contributed by atoms with E-state index in [1.807, 2.05) is 0 Å². The first-order valence-corrected chi connectivity index (χ1v) is 4.64. The third-order valence-electron chi connectivity index (χ3n) is 1.89. The van der Waals surface area contributed by atoms with Crippen molar-refractivity contribution in [1.29, 1.82) is 0 Å². The molecule has 0 aliphatic heterocycles. The molecule has 0 bridgehead atoms. The molecule has 1 aromatic heterocycles. The van der Waals surface area contributed by atoms with E-state index in [4.69, 9.17) is 15.6 Å². The van der Waals surface area contributed by atoms with Crippen LogP contribution in [-0.2, 0) is 14.3 Å². The van der Waals surface area contributed by atoms with Gasteiger partial charge in [0.15, 0.2) is 18.8 Å². The minimum atomic E-state index is -1.34. The van der Waals surface area contributed by atoms with E-state index in [-0.39, 0.29) is 5.82 Å². The van der Waals surface area contributed by atoms with Gasteiger partial charge >= 0.3 is 5.69 Å². The normalized spacial score (nSPS) is 13.9. The van der Waals surface area contributed by atoms with Crippen LogP contribution in [-0.4, -0.2) is 39.9 Å². The van der Waals surface area contributed by atoms with Gasteiger partial charge in [-0.2, -0.15) is 4.98 Å². The number of aldehydes is 2. The molecule has 8 heteroatoms. The number of hydrogen-bond donors (Lipinski definition) is 2. The van der Waals surface area contributed by atoms with Crippen LogP contribution < -0.4 is 11.4 Å². The predicted molar refractivity (Wildman–Crippen MR) is 56.0 cm³/mol. The second-order valence-corrected chi connectivity index (χ2v) is 3.06. The molecule has 0 aliphatic carbocycles. The zero-order valence-electron chi connectivity index (χ0n) is 8.72. The van der Waals surface area contributed by atoms with E-state index in [9.17, 15) is 14.4 Å². The number of aliphatic hydroxyl groups is 1. The zero-order chi connectivity index (χ0) is 12.8. The second-order valence-electron chi connectivity index (χ2n) is 3.06. The van der Waals surface area contributed by atoms with E-state index < -0.39 is 24.6 Å². The Kier molecular flexibility index (Phi) is 4.49. The van der Waals surface area contributed by atoms with Gasteiger partial charge in [0, 0.05) is 6.20 Å². The molecule has 92 valence electrons. The van der Waals surface area contributed by atoms with Crippen LogP contribution in [0.5, 0.6) is 0 Å². The van der Waals surface area contributed by atoms with Gasteiger partial charge in [-0.25, -0.2) is 4.79 Å². The Bertz CT molecular complexity index is 458. The van der Waals surface area contributed by atoms with Crippen molar-refractivity contribution in [3.63, 3.8) is 0 Å². The number of ether oxygens (including phenoxy) is 1. The number of anilines is 1. The summed E-state index contributed by atoms with van der Waals surface area (Å²) in [5.41, 5.74) is 4.49. The molecule has 3 N–H and O–H groups in total. The summed E-state index contributed by atoms with van der Waals surface area (Å²) in [5.74, 6) is 0.00462. The molecule has 0 fully saturated rings. The summed E-state index contributed by atoms with van der Waals surface area (Å²) >= 11 is 0. The molecule has 0 saturated carbocycles. The summed E-state index contributed by atoms with van der Waals surface area (Å²) in [6.07, 6.45) is -0.673. The molecule has 0 saturated heterocycles. The number of carbonyl (C=O) groups is 2. The molecule has 1 heterocycles. The lowest BCUT2D eigenvalue weighted by Gasteiger charge is -2.17. The van der Waals surface area contributed by atoms with E-state index in [2.05, 4.69) is 4.98 Å². The number of carbonyl (C=O) groups excluding carboxylic acids is 2. The van der Waals surface area contributed by atoms with Crippen LogP contribution in [0.1, 0.15) is 6.23 Å². The van der Waals surface area contributed by atoms with Gasteiger partial charge in [-0.15, -0.1) is 0 Å². The minimum absolute atomic E-state index is 0.00462. The van der Waals surface area contributed by atoms with Crippen LogP contribution in [0.15, 0.2) is 17.1 Å². The van der Waals surface area contributed by atoms with Gasteiger partial charge in [0.25, 0.3) is 0 Å². The number of rotatable bonds is 6. The number of hydrogen-bond acceptors (Lipinski definition) is 7. The number of nitrogens with two attached hydrogens (primary N) is 1. The summed E-state index contributed by atoms with van der Waals surface area (Å²) in [6.45, 7) is -0.592. The first-order valence-electron chi connectivity index (χ1n) is 4.64. The van der Waals surface area contributed by atoms with E-state index in [1.54, 1.807) is 0 Å². The highest BCUT2D eigenvalue weighted by Crippen LogP contribution is 2.05. The maximum absolute atomic E-state index is 11.4. The molecular formula is C9H11N3O5. The van der Waals surface area contributed by atoms with Crippen molar-refractivity contribution in [3.05, 3.63) is 22.7 Å². The highest BCUT2D eigenvalue weighted by molar-refractivity contribution is 5.58. The fourth-order valence-corrected chi connectivity index (χ4v) is 1.08. The largest absolute Gasteiger partial charge is 0.393 e. The van der Waals surface area contributed by atoms with Crippen molar-refractivity contribution < 1.29 is 19.4 Å². The van der Waals surface area contributed by atoms with Gasteiger partial charge in [0.05, 0.1) is 6.61 Å². The number of aromatic nitrogens is 2. The smallest absolute Gasteiger partial charge is 0.351 e. The minimum Gasteiger partial charge on any atom is -0.393 e. The SMILES string of the molecule is Nc1ccn([C@@H](C=O)O[C@@H](C=O)CO)c(=O)n1. The maximum Gasteiger partial charge on any atom is 0.351 e. The molecule has 8 nitrogen and oxygen atoms in total. The lowest BCUT2D eigenvalue weighted by molar-refractivity contribution is -0.140. The zero-order valence-corrected chi connectivity index (χ0v) is 8.72. The summed E-state index contributed by atoms with van der Waals surface area (Å²) in [4.78, 5) is 36.0. The maximum atomic E-state index is 11.4. The van der Waals surface area contributed by atoms with Crippen molar-refractivity contribution in [1.82, 2.24) is 9.55 Å². The number of nitrogen functional groups attached to an aromatic ring is 1. The van der Waals surface area contributed by atoms with E-state index >= 15 is 0 Å². The Labute approximate surface area is 95.6 Å². The topological polar surface area (TPSA) is 125 Å². The highest BCUT2D eigenvalue weighted by Gasteiger charge is 2.17. The molecular weight excluding hydrogens is 230 g/mol. The molecule has 1 aromatic rings. The highest BCUT2D eigenvalue weighted by atomic mass is 16.5. The van der Waals surface area contributed by atoms with Crippen molar-refractivity contribution in [2.24, 2.45) is 0 Å². The van der Waals surface area contributed by atoms with Crippen LogP contribution >= 0.6 is 0 Å². The molecule has 1 rings (SSSR count). The Morgan fingerprint density at radius 3 is 2.71 bits per heavy atom. The molecule has 0 spiro atoms. The van der Waals surface area contributed by atoms with Gasteiger partial charge in [-0.3, -0.25) is 9.36 Å². The van der Waals surface area contributed by atoms with Gasteiger partial charge in [-0.1, -0.05) is 0 Å². The molecule has 0 aromatic carbocycles. The van der Waals surface area contributed by atoms with E-state index in [0.717, 1.165) is 4.57 Å². The average Bonchev–Trinajstić information content (AvgIpc) is 2.32. The van der Waals surface area contributed by atoms with Gasteiger partial charge < -0.3 is 20.4 Å². The predicted octanol–water partition coefficient (Wildman–Crippen LogP) is -1.90. The van der Waals surface area contributed by atoms with Gasteiger partial charge in [0.1, 0.15) is 11.9 Å². The Morgan fingerprint density at radius 1 is 1.53 bits per heavy atom. The van der Waals surface area contributed by atoms with Crippen molar-refractivity contribution >= 4 is 18.4 Å². The standard InChI is InChI=1S/C9H11N3O5/c10-7-1-2-12(9(16)11-7)8(5-15)17-6(3-13)4-14/h1-3,5-6,8,14H,4H2,(H2,10,11,16)/t6-,8+/m0/s1. The molecule has 0 amide bonds. The number of aliphatic hydroxyl groups excluding tert-OH is 1. The molecule has 0 aliphatic rings. The molecule has 2 atom stereocenters. The quantitative estimate of drug-likeness (QED) is 0.557. The Morgan fingerprint density at radius 2 is 2.24 bits per heavy atom. The van der Waals surface area contributed by atoms with Crippen LogP contribution in [0.3, 0.4) is 0 Å². The first kappa shape index (κ1) is 13.0.